The van der Waals surface area contributed by atoms with Crippen molar-refractivity contribution in [2.45, 2.75) is 109 Å². The van der Waals surface area contributed by atoms with Crippen molar-refractivity contribution in [3.05, 3.63) is 24.2 Å². The van der Waals surface area contributed by atoms with Crippen LogP contribution < -0.4 is 5.32 Å². The molecular formula is C26H40N2O2. The van der Waals surface area contributed by atoms with Gasteiger partial charge in [0.2, 0.25) is 0 Å². The third-order valence-corrected chi connectivity index (χ3v) is 8.25. The van der Waals surface area contributed by atoms with Gasteiger partial charge in [-0.1, -0.05) is 58.3 Å². The maximum absolute atomic E-state index is 10.4. The minimum absolute atomic E-state index is 0.104. The lowest BCUT2D eigenvalue weighted by molar-refractivity contribution is -0.119. The number of nitriles is 1. The topological polar surface area (TPSA) is 58.2 Å². The van der Waals surface area contributed by atoms with Gasteiger partial charge >= 0.3 is 0 Å². The van der Waals surface area contributed by atoms with Crippen LogP contribution in [0, 0.1) is 28.6 Å². The predicted molar refractivity (Wildman–Crippen MR) is 119 cm³/mol. The van der Waals surface area contributed by atoms with Crippen molar-refractivity contribution in [1.29, 1.82) is 5.26 Å². The summed E-state index contributed by atoms with van der Waals surface area (Å²) in [6.45, 7) is 2.83. The number of fused-ring (bicyclic) bond motifs is 1. The minimum Gasteiger partial charge on any atom is -0.469 e. The number of ether oxygens (including phenoxy) is 1. The molecule has 2 saturated carbocycles. The summed E-state index contributed by atoms with van der Waals surface area (Å²) in [6.07, 6.45) is 18.3. The molecule has 2 aliphatic carbocycles. The Kier molecular flexibility index (Phi) is 7.55. The Morgan fingerprint density at radius 2 is 1.83 bits per heavy atom. The fraction of sp³-hybridized carbons (Fsp3) is 0.808. The minimum atomic E-state index is -0.204. The Bertz CT molecular complexity index is 672. The highest BCUT2D eigenvalue weighted by Gasteiger charge is 2.60. The quantitative estimate of drug-likeness (QED) is 0.596. The summed E-state index contributed by atoms with van der Waals surface area (Å²) in [5.74, 6) is 1.59. The van der Waals surface area contributed by atoms with E-state index >= 15 is 0 Å². The van der Waals surface area contributed by atoms with Crippen molar-refractivity contribution in [2.75, 3.05) is 6.61 Å². The van der Waals surface area contributed by atoms with Crippen molar-refractivity contribution in [3.8, 4) is 6.07 Å². The molecule has 3 aliphatic rings. The second kappa shape index (κ2) is 10.3. The highest BCUT2D eigenvalue weighted by Crippen LogP contribution is 2.60. The molecule has 0 aromatic carbocycles. The van der Waals surface area contributed by atoms with Gasteiger partial charge in [0.05, 0.1) is 18.3 Å². The van der Waals surface area contributed by atoms with Gasteiger partial charge in [-0.05, 0) is 55.6 Å². The van der Waals surface area contributed by atoms with Crippen molar-refractivity contribution >= 4 is 0 Å². The van der Waals surface area contributed by atoms with Crippen LogP contribution in [0.15, 0.2) is 22.8 Å². The number of hydrogen-bond acceptors (Lipinski definition) is 4. The molecule has 30 heavy (non-hydrogen) atoms. The smallest absolute Gasteiger partial charge is 0.125 e. The van der Waals surface area contributed by atoms with E-state index in [2.05, 4.69) is 24.4 Å². The van der Waals surface area contributed by atoms with E-state index in [1.54, 1.807) is 6.26 Å². The first kappa shape index (κ1) is 21.9. The lowest BCUT2D eigenvalue weighted by atomic mass is 9.50. The lowest BCUT2D eigenvalue weighted by Gasteiger charge is -2.59. The molecule has 4 rings (SSSR count). The first-order valence-electron chi connectivity index (χ1n) is 12.6. The number of piperidine rings is 1. The van der Waals surface area contributed by atoms with E-state index in [0.717, 1.165) is 12.2 Å². The van der Waals surface area contributed by atoms with E-state index in [1.807, 2.05) is 6.07 Å². The number of rotatable bonds is 5. The summed E-state index contributed by atoms with van der Waals surface area (Å²) in [4.78, 5) is 0. The molecule has 1 aromatic rings. The molecule has 1 aliphatic heterocycles. The van der Waals surface area contributed by atoms with E-state index < -0.39 is 0 Å². The Morgan fingerprint density at radius 1 is 1.10 bits per heavy atom. The highest BCUT2D eigenvalue weighted by molar-refractivity contribution is 5.24. The van der Waals surface area contributed by atoms with Crippen LogP contribution in [0.2, 0.25) is 0 Å². The molecule has 3 fully saturated rings. The van der Waals surface area contributed by atoms with Gasteiger partial charge in [-0.25, -0.2) is 0 Å². The van der Waals surface area contributed by atoms with Gasteiger partial charge in [0.15, 0.2) is 0 Å². The van der Waals surface area contributed by atoms with Crippen LogP contribution in [0.3, 0.4) is 0 Å². The lowest BCUT2D eigenvalue weighted by Crippen LogP contribution is -2.65. The molecule has 1 aromatic heterocycles. The Morgan fingerprint density at radius 3 is 2.50 bits per heavy atom. The second-order valence-electron chi connectivity index (χ2n) is 9.91. The average molecular weight is 413 g/mol. The molecule has 4 nitrogen and oxygen atoms in total. The molecule has 0 bridgehead atoms. The molecule has 1 saturated heterocycles. The van der Waals surface area contributed by atoms with Crippen molar-refractivity contribution < 1.29 is 9.15 Å². The van der Waals surface area contributed by atoms with Crippen LogP contribution in [0.5, 0.6) is 0 Å². The summed E-state index contributed by atoms with van der Waals surface area (Å²) >= 11 is 0. The van der Waals surface area contributed by atoms with Gasteiger partial charge in [0.1, 0.15) is 12.0 Å². The highest BCUT2D eigenvalue weighted by atomic mass is 16.5. The van der Waals surface area contributed by atoms with Crippen LogP contribution in [0.1, 0.15) is 102 Å². The standard InChI is InChI=1S/C26H40N2O2/c1-2-17-30-25-21(19-27)24(22-14-11-18-29-22)26(16-10-9-15-23(26)28-25)20-12-7-5-3-4-6-8-13-20/h11,14,18,20-21,23-25,28H,2-10,12-13,15-17H2,1H3. The monoisotopic (exact) mass is 412 g/mol. The van der Waals surface area contributed by atoms with E-state index in [-0.39, 0.29) is 23.5 Å². The fourth-order valence-electron chi connectivity index (χ4n) is 7.01. The van der Waals surface area contributed by atoms with Crippen molar-refractivity contribution in [3.63, 3.8) is 0 Å². The number of furan rings is 1. The van der Waals surface area contributed by atoms with E-state index in [0.29, 0.717) is 18.6 Å². The number of nitrogens with one attached hydrogen (secondary N) is 1. The summed E-state index contributed by atoms with van der Waals surface area (Å²) in [5, 5.41) is 14.3. The van der Waals surface area contributed by atoms with Crippen LogP contribution in [0.25, 0.3) is 0 Å². The molecule has 5 unspecified atom stereocenters. The van der Waals surface area contributed by atoms with Crippen LogP contribution in [-0.4, -0.2) is 18.9 Å². The van der Waals surface area contributed by atoms with Gasteiger partial charge in [0.25, 0.3) is 0 Å². The molecule has 166 valence electrons. The number of nitrogens with zero attached hydrogens (tertiary/aromatic N) is 1. The largest absolute Gasteiger partial charge is 0.469 e. The third-order valence-electron chi connectivity index (χ3n) is 8.25. The van der Waals surface area contributed by atoms with E-state index in [9.17, 15) is 5.26 Å². The summed E-state index contributed by atoms with van der Waals surface area (Å²) < 4.78 is 12.3. The van der Waals surface area contributed by atoms with E-state index in [1.165, 1.54) is 77.0 Å². The molecule has 2 heterocycles. The summed E-state index contributed by atoms with van der Waals surface area (Å²) in [5.41, 5.74) is 0.104. The molecule has 0 spiro atoms. The van der Waals surface area contributed by atoms with Gasteiger partial charge in [-0.2, -0.15) is 5.26 Å². The van der Waals surface area contributed by atoms with Gasteiger partial charge < -0.3 is 9.15 Å². The average Bonchev–Trinajstić information content (AvgIpc) is 3.34. The fourth-order valence-corrected chi connectivity index (χ4v) is 7.01. The Hall–Kier alpha value is -1.31. The molecule has 1 N–H and O–H groups in total. The molecular weight excluding hydrogens is 372 g/mol. The maximum Gasteiger partial charge on any atom is 0.125 e. The Balaban J connectivity index is 1.75. The van der Waals surface area contributed by atoms with E-state index in [4.69, 9.17) is 9.15 Å². The predicted octanol–water partition coefficient (Wildman–Crippen LogP) is 6.54. The second-order valence-corrected chi connectivity index (χ2v) is 9.91. The van der Waals surface area contributed by atoms with Crippen LogP contribution in [-0.2, 0) is 4.74 Å². The maximum atomic E-state index is 10.4. The first-order chi connectivity index (χ1) is 14.8. The molecule has 0 radical (unpaired) electrons. The normalized spacial score (nSPS) is 36.1. The van der Waals surface area contributed by atoms with Crippen LogP contribution in [0.4, 0.5) is 0 Å². The molecule has 4 heteroatoms. The zero-order chi connectivity index (χ0) is 20.8. The Labute approximate surface area is 182 Å². The summed E-state index contributed by atoms with van der Waals surface area (Å²) in [6, 6.07) is 7.23. The number of hydrogen-bond donors (Lipinski definition) is 1. The summed E-state index contributed by atoms with van der Waals surface area (Å²) in [7, 11) is 0. The SMILES string of the molecule is CCCOC1NC2CCCCC2(C2CCCCCCCC2)C(c2ccco2)C1C#N. The molecule has 5 atom stereocenters. The van der Waals surface area contributed by atoms with Gasteiger partial charge in [-0.15, -0.1) is 0 Å². The van der Waals surface area contributed by atoms with Crippen LogP contribution >= 0.6 is 0 Å². The first-order valence-corrected chi connectivity index (χ1v) is 12.6. The van der Waals surface area contributed by atoms with Gasteiger partial charge in [0, 0.05) is 18.6 Å². The van der Waals surface area contributed by atoms with Gasteiger partial charge in [-0.3, -0.25) is 5.32 Å². The van der Waals surface area contributed by atoms with Crippen molar-refractivity contribution in [2.24, 2.45) is 17.3 Å². The molecule has 0 amide bonds. The zero-order valence-electron chi connectivity index (χ0n) is 18.8. The third kappa shape index (κ3) is 4.21. The zero-order valence-corrected chi connectivity index (χ0v) is 18.8. The van der Waals surface area contributed by atoms with Crippen molar-refractivity contribution in [1.82, 2.24) is 5.32 Å².